The Labute approximate surface area is 118 Å². The Bertz CT molecular complexity index is 415. The van der Waals surface area contributed by atoms with Crippen molar-refractivity contribution in [2.75, 3.05) is 11.5 Å². The van der Waals surface area contributed by atoms with Crippen LogP contribution in [0.25, 0.3) is 0 Å². The van der Waals surface area contributed by atoms with Crippen molar-refractivity contribution in [2.24, 2.45) is 11.3 Å². The van der Waals surface area contributed by atoms with Gasteiger partial charge < -0.3 is 0 Å². The van der Waals surface area contributed by atoms with Crippen molar-refractivity contribution in [3.63, 3.8) is 0 Å². The van der Waals surface area contributed by atoms with Crippen molar-refractivity contribution in [2.45, 2.75) is 34.6 Å². The van der Waals surface area contributed by atoms with E-state index in [-0.39, 0.29) is 5.41 Å². The fourth-order valence-corrected chi connectivity index (χ4v) is 5.64. The highest BCUT2D eigenvalue weighted by Crippen LogP contribution is 2.52. The molecule has 2 heterocycles. The number of hydrogen-bond donors (Lipinski definition) is 0. The van der Waals surface area contributed by atoms with Crippen LogP contribution < -0.4 is 0 Å². The van der Waals surface area contributed by atoms with Crippen LogP contribution in [-0.2, 0) is 0 Å². The van der Waals surface area contributed by atoms with Gasteiger partial charge in [0.25, 0.3) is 0 Å². The quantitative estimate of drug-likeness (QED) is 0.584. The number of thioether (sulfide) groups is 3. The zero-order valence-electron chi connectivity index (χ0n) is 11.2. The van der Waals surface area contributed by atoms with Gasteiger partial charge in [0.1, 0.15) is 0 Å². The lowest BCUT2D eigenvalue weighted by molar-refractivity contribution is 0.534. The van der Waals surface area contributed by atoms with Gasteiger partial charge in [0.05, 0.1) is 4.91 Å². The second kappa shape index (κ2) is 5.13. The third-order valence-corrected chi connectivity index (χ3v) is 7.11. The van der Waals surface area contributed by atoms with Gasteiger partial charge in [-0.05, 0) is 5.92 Å². The van der Waals surface area contributed by atoms with Gasteiger partial charge in [-0.15, -0.1) is 23.5 Å². The first-order chi connectivity index (χ1) is 7.89. The van der Waals surface area contributed by atoms with Crippen LogP contribution >= 0.6 is 35.3 Å². The molecule has 0 aromatic rings. The zero-order chi connectivity index (χ0) is 12.6. The van der Waals surface area contributed by atoms with E-state index in [1.54, 1.807) is 4.91 Å². The van der Waals surface area contributed by atoms with E-state index < -0.39 is 0 Å². The lowest BCUT2D eigenvalue weighted by Gasteiger charge is -2.30. The van der Waals surface area contributed by atoms with Crippen LogP contribution in [0.2, 0.25) is 0 Å². The molecule has 0 radical (unpaired) electrons. The molecule has 1 fully saturated rings. The first kappa shape index (κ1) is 13.7. The van der Waals surface area contributed by atoms with E-state index >= 15 is 0 Å². The van der Waals surface area contributed by atoms with Gasteiger partial charge in [0, 0.05) is 31.6 Å². The summed E-state index contributed by atoms with van der Waals surface area (Å²) >= 11 is 5.96. The smallest absolute Gasteiger partial charge is 0.0646 e. The van der Waals surface area contributed by atoms with Gasteiger partial charge >= 0.3 is 0 Å². The molecule has 0 saturated carbocycles. The average Bonchev–Trinajstić information content (AvgIpc) is 2.26. The van der Waals surface area contributed by atoms with E-state index in [2.05, 4.69) is 40.3 Å². The molecule has 1 saturated heterocycles. The SMILES string of the molecule is CC(C)C1=C2SCCSC2=C=C(C(C)(C)C)S1. The van der Waals surface area contributed by atoms with E-state index in [0.29, 0.717) is 5.92 Å². The van der Waals surface area contributed by atoms with Crippen LogP contribution in [0.5, 0.6) is 0 Å². The summed E-state index contributed by atoms with van der Waals surface area (Å²) in [4.78, 5) is 5.86. The molecule has 0 aromatic carbocycles. The van der Waals surface area contributed by atoms with Gasteiger partial charge in [-0.3, -0.25) is 0 Å². The second-order valence-electron chi connectivity index (χ2n) is 5.68. The monoisotopic (exact) mass is 284 g/mol. The van der Waals surface area contributed by atoms with Crippen molar-refractivity contribution < 1.29 is 0 Å². The summed E-state index contributed by atoms with van der Waals surface area (Å²) in [6, 6.07) is 0. The highest BCUT2D eigenvalue weighted by molar-refractivity contribution is 8.13. The van der Waals surface area contributed by atoms with Crippen molar-refractivity contribution in [3.8, 4) is 0 Å². The fourth-order valence-electron chi connectivity index (χ4n) is 1.70. The Morgan fingerprint density at radius 1 is 1.12 bits per heavy atom. The Morgan fingerprint density at radius 3 is 2.35 bits per heavy atom. The fraction of sp³-hybridized carbons (Fsp3) is 0.643. The molecule has 0 aromatic heterocycles. The standard InChI is InChI=1S/C14H20S3/c1-9(2)12-13-10(15-6-7-16-13)8-11(17-12)14(3,4)5/h9H,6-7H2,1-5H3. The minimum atomic E-state index is 0.214. The lowest BCUT2D eigenvalue weighted by atomic mass is 9.96. The highest BCUT2D eigenvalue weighted by atomic mass is 32.2. The van der Waals surface area contributed by atoms with E-state index in [1.807, 2.05) is 35.3 Å². The van der Waals surface area contributed by atoms with E-state index in [0.717, 1.165) is 0 Å². The van der Waals surface area contributed by atoms with Crippen LogP contribution in [0.1, 0.15) is 34.6 Å². The second-order valence-corrected chi connectivity index (χ2v) is 8.94. The normalized spacial score (nSPS) is 21.3. The molecule has 2 rings (SSSR count). The van der Waals surface area contributed by atoms with Gasteiger partial charge in [-0.2, -0.15) is 0 Å². The summed E-state index contributed by atoms with van der Waals surface area (Å²) in [5.74, 6) is 3.09. The molecule has 3 heteroatoms. The summed E-state index contributed by atoms with van der Waals surface area (Å²) in [6.45, 7) is 11.5. The molecule has 0 nitrogen and oxygen atoms in total. The van der Waals surface area contributed by atoms with Crippen molar-refractivity contribution in [1.82, 2.24) is 0 Å². The van der Waals surface area contributed by atoms with Crippen LogP contribution in [0.15, 0.2) is 25.4 Å². The first-order valence-electron chi connectivity index (χ1n) is 6.09. The molecule has 0 bridgehead atoms. The number of allylic oxidation sites excluding steroid dienone is 1. The molecule has 94 valence electrons. The Hall–Kier alpha value is 0.310. The predicted octanol–water partition coefficient (Wildman–Crippen LogP) is 5.49. The molecule has 0 spiro atoms. The van der Waals surface area contributed by atoms with Crippen LogP contribution in [0.3, 0.4) is 0 Å². The summed E-state index contributed by atoms with van der Waals surface area (Å²) in [6.07, 6.45) is 0. The summed E-state index contributed by atoms with van der Waals surface area (Å²) in [5.41, 5.74) is 3.88. The summed E-state index contributed by atoms with van der Waals surface area (Å²) in [7, 11) is 0. The summed E-state index contributed by atoms with van der Waals surface area (Å²) in [5, 5.41) is 0. The number of rotatable bonds is 1. The van der Waals surface area contributed by atoms with Crippen molar-refractivity contribution in [3.05, 3.63) is 25.4 Å². The predicted molar refractivity (Wildman–Crippen MR) is 84.4 cm³/mol. The molecular weight excluding hydrogens is 264 g/mol. The maximum Gasteiger partial charge on any atom is 0.0646 e. The Balaban J connectivity index is 2.47. The maximum absolute atomic E-state index is 3.66. The van der Waals surface area contributed by atoms with Gasteiger partial charge in [0.15, 0.2) is 0 Å². The molecule has 0 N–H and O–H groups in total. The van der Waals surface area contributed by atoms with Gasteiger partial charge in [-0.25, -0.2) is 0 Å². The highest BCUT2D eigenvalue weighted by Gasteiger charge is 2.28. The number of hydrogen-bond acceptors (Lipinski definition) is 3. The average molecular weight is 285 g/mol. The van der Waals surface area contributed by atoms with Crippen molar-refractivity contribution in [1.29, 1.82) is 0 Å². The lowest BCUT2D eigenvalue weighted by Crippen LogP contribution is -2.12. The molecule has 0 amide bonds. The molecule has 0 atom stereocenters. The summed E-state index contributed by atoms with van der Waals surface area (Å²) < 4.78 is 0. The van der Waals surface area contributed by atoms with Crippen LogP contribution in [-0.4, -0.2) is 11.5 Å². The first-order valence-corrected chi connectivity index (χ1v) is 8.87. The molecule has 0 aliphatic carbocycles. The Kier molecular flexibility index (Phi) is 4.14. The zero-order valence-corrected chi connectivity index (χ0v) is 13.7. The third kappa shape index (κ3) is 3.01. The minimum absolute atomic E-state index is 0.214. The minimum Gasteiger partial charge on any atom is -0.123 e. The third-order valence-electron chi connectivity index (χ3n) is 2.65. The van der Waals surface area contributed by atoms with Gasteiger partial charge in [0.2, 0.25) is 0 Å². The topological polar surface area (TPSA) is 0 Å². The van der Waals surface area contributed by atoms with E-state index in [4.69, 9.17) is 0 Å². The van der Waals surface area contributed by atoms with E-state index in [1.165, 1.54) is 26.2 Å². The maximum atomic E-state index is 3.66. The van der Waals surface area contributed by atoms with Gasteiger partial charge in [-0.1, -0.05) is 52.1 Å². The molecular formula is C14H20S3. The molecule has 2 aliphatic rings. The molecule has 0 unspecified atom stereocenters. The van der Waals surface area contributed by atoms with Crippen LogP contribution in [0, 0.1) is 11.3 Å². The Morgan fingerprint density at radius 2 is 1.76 bits per heavy atom. The largest absolute Gasteiger partial charge is 0.123 e. The van der Waals surface area contributed by atoms with Crippen molar-refractivity contribution >= 4 is 35.3 Å². The number of fused-ring (bicyclic) bond motifs is 1. The van der Waals surface area contributed by atoms with Crippen LogP contribution in [0.4, 0.5) is 0 Å². The van der Waals surface area contributed by atoms with E-state index in [9.17, 15) is 0 Å². The molecule has 17 heavy (non-hydrogen) atoms. The molecule has 2 aliphatic heterocycles.